The molecule has 0 aliphatic carbocycles. The smallest absolute Gasteiger partial charge is 0.240 e. The van der Waals surface area contributed by atoms with E-state index in [0.717, 1.165) is 24.9 Å². The van der Waals surface area contributed by atoms with Crippen LogP contribution < -0.4 is 5.73 Å². The van der Waals surface area contributed by atoms with E-state index < -0.39 is 6.04 Å². The Kier molecular flexibility index (Phi) is 4.37. The Bertz CT molecular complexity index is 391. The van der Waals surface area contributed by atoms with Gasteiger partial charge in [0.25, 0.3) is 0 Å². The summed E-state index contributed by atoms with van der Waals surface area (Å²) in [5.74, 6) is 0.103. The van der Waals surface area contributed by atoms with E-state index >= 15 is 0 Å². The Morgan fingerprint density at radius 1 is 1.39 bits per heavy atom. The maximum Gasteiger partial charge on any atom is 0.240 e. The summed E-state index contributed by atoms with van der Waals surface area (Å²) in [5.41, 5.74) is 7.18. The minimum Gasteiger partial charge on any atom is -0.339 e. The lowest BCUT2D eigenvalue weighted by atomic mass is 10.0. The number of piperidine rings is 1. The van der Waals surface area contributed by atoms with Gasteiger partial charge in [-0.3, -0.25) is 4.79 Å². The third-order valence-corrected chi connectivity index (χ3v) is 3.70. The zero-order valence-electron chi connectivity index (χ0n) is 11.0. The molecule has 3 nitrogen and oxygen atoms in total. The number of carbonyl (C=O) groups is 1. The van der Waals surface area contributed by atoms with E-state index in [4.69, 9.17) is 5.73 Å². The van der Waals surface area contributed by atoms with E-state index in [9.17, 15) is 4.79 Å². The van der Waals surface area contributed by atoms with E-state index in [1.165, 1.54) is 6.42 Å². The van der Waals surface area contributed by atoms with Crippen molar-refractivity contribution in [2.75, 3.05) is 6.54 Å². The summed E-state index contributed by atoms with van der Waals surface area (Å²) in [5, 5.41) is 0. The molecule has 2 N–H and O–H groups in total. The lowest BCUT2D eigenvalue weighted by Gasteiger charge is -2.35. The Morgan fingerprint density at radius 2 is 2.11 bits per heavy atom. The fourth-order valence-corrected chi connectivity index (χ4v) is 2.59. The lowest BCUT2D eigenvalue weighted by Crippen LogP contribution is -2.50. The maximum absolute atomic E-state index is 12.3. The molecule has 1 unspecified atom stereocenters. The van der Waals surface area contributed by atoms with Crippen LogP contribution in [0.5, 0.6) is 0 Å². The molecule has 2 rings (SSSR count). The highest BCUT2D eigenvalue weighted by Crippen LogP contribution is 2.17. The fraction of sp³-hybridized carbons (Fsp3) is 0.533. The number of hydrogen-bond acceptors (Lipinski definition) is 2. The van der Waals surface area contributed by atoms with Gasteiger partial charge in [0.2, 0.25) is 5.91 Å². The second-order valence-corrected chi connectivity index (χ2v) is 5.17. The van der Waals surface area contributed by atoms with Gasteiger partial charge in [-0.05, 0) is 38.2 Å². The molecule has 0 spiro atoms. The van der Waals surface area contributed by atoms with Crippen LogP contribution in [0, 0.1) is 0 Å². The molecule has 1 saturated heterocycles. The molecule has 3 heteroatoms. The molecule has 98 valence electrons. The molecule has 0 radical (unpaired) electrons. The van der Waals surface area contributed by atoms with Gasteiger partial charge in [-0.15, -0.1) is 0 Å². The van der Waals surface area contributed by atoms with Crippen LogP contribution in [0.3, 0.4) is 0 Å². The lowest BCUT2D eigenvalue weighted by molar-refractivity contribution is -0.135. The molecule has 1 fully saturated rings. The van der Waals surface area contributed by atoms with Gasteiger partial charge in [0.1, 0.15) is 0 Å². The van der Waals surface area contributed by atoms with Crippen molar-refractivity contribution < 1.29 is 4.79 Å². The summed E-state index contributed by atoms with van der Waals surface area (Å²) in [6.45, 7) is 2.98. The monoisotopic (exact) mass is 246 g/mol. The number of nitrogens with zero attached hydrogens (tertiary/aromatic N) is 1. The van der Waals surface area contributed by atoms with Gasteiger partial charge < -0.3 is 10.6 Å². The van der Waals surface area contributed by atoms with E-state index in [0.29, 0.717) is 12.5 Å². The predicted molar refractivity (Wildman–Crippen MR) is 73.1 cm³/mol. The van der Waals surface area contributed by atoms with E-state index in [1.54, 1.807) is 0 Å². The van der Waals surface area contributed by atoms with Gasteiger partial charge in [-0.1, -0.05) is 30.3 Å². The first-order chi connectivity index (χ1) is 8.68. The summed E-state index contributed by atoms with van der Waals surface area (Å²) in [7, 11) is 0. The second-order valence-electron chi connectivity index (χ2n) is 5.17. The van der Waals surface area contributed by atoms with Gasteiger partial charge in [-0.25, -0.2) is 0 Å². The minimum absolute atomic E-state index is 0.103. The van der Waals surface area contributed by atoms with Crippen LogP contribution >= 0.6 is 0 Å². The van der Waals surface area contributed by atoms with Crippen molar-refractivity contribution >= 4 is 5.91 Å². The molecule has 1 aliphatic heterocycles. The number of carbonyl (C=O) groups excluding carboxylic acids is 1. The zero-order chi connectivity index (χ0) is 13.0. The van der Waals surface area contributed by atoms with Crippen LogP contribution in [-0.2, 0) is 11.2 Å². The molecule has 1 amide bonds. The molecule has 1 aromatic carbocycles. The summed E-state index contributed by atoms with van der Waals surface area (Å²) >= 11 is 0. The summed E-state index contributed by atoms with van der Waals surface area (Å²) < 4.78 is 0. The molecule has 1 aromatic rings. The third kappa shape index (κ3) is 3.10. The molecule has 2 atom stereocenters. The van der Waals surface area contributed by atoms with Crippen LogP contribution in [-0.4, -0.2) is 29.4 Å². The van der Waals surface area contributed by atoms with Crippen molar-refractivity contribution in [3.05, 3.63) is 35.9 Å². The number of amides is 1. The highest BCUT2D eigenvalue weighted by atomic mass is 16.2. The number of benzene rings is 1. The third-order valence-electron chi connectivity index (χ3n) is 3.70. The quantitative estimate of drug-likeness (QED) is 0.886. The van der Waals surface area contributed by atoms with Crippen LogP contribution in [0.25, 0.3) is 0 Å². The van der Waals surface area contributed by atoms with Gasteiger partial charge >= 0.3 is 0 Å². The topological polar surface area (TPSA) is 46.3 Å². The SMILES string of the molecule is CC1CCCCN1C(=O)[C@H](N)Cc1ccccc1. The normalized spacial score (nSPS) is 21.7. The highest BCUT2D eigenvalue weighted by Gasteiger charge is 2.27. The van der Waals surface area contributed by atoms with Crippen LogP contribution in [0.2, 0.25) is 0 Å². The molecule has 18 heavy (non-hydrogen) atoms. The van der Waals surface area contributed by atoms with Crippen molar-refractivity contribution in [3.63, 3.8) is 0 Å². The molecule has 1 heterocycles. The first kappa shape index (κ1) is 13.1. The zero-order valence-corrected chi connectivity index (χ0v) is 11.0. The molecule has 0 saturated carbocycles. The van der Waals surface area contributed by atoms with Gasteiger partial charge in [0.15, 0.2) is 0 Å². The van der Waals surface area contributed by atoms with Crippen molar-refractivity contribution in [2.45, 2.75) is 44.7 Å². The first-order valence-corrected chi connectivity index (χ1v) is 6.78. The molecule has 1 aliphatic rings. The van der Waals surface area contributed by atoms with Gasteiger partial charge in [0, 0.05) is 12.6 Å². The number of hydrogen-bond donors (Lipinski definition) is 1. The summed E-state index contributed by atoms with van der Waals surface area (Å²) in [6.07, 6.45) is 4.06. The summed E-state index contributed by atoms with van der Waals surface area (Å²) in [4.78, 5) is 14.3. The number of nitrogens with two attached hydrogens (primary N) is 1. The van der Waals surface area contributed by atoms with E-state index in [2.05, 4.69) is 6.92 Å². The second kappa shape index (κ2) is 6.01. The average Bonchev–Trinajstić information content (AvgIpc) is 2.39. The molecule has 0 aromatic heterocycles. The average molecular weight is 246 g/mol. The van der Waals surface area contributed by atoms with Crippen LogP contribution in [0.4, 0.5) is 0 Å². The van der Waals surface area contributed by atoms with Crippen molar-refractivity contribution in [3.8, 4) is 0 Å². The van der Waals surface area contributed by atoms with Gasteiger partial charge in [-0.2, -0.15) is 0 Å². The largest absolute Gasteiger partial charge is 0.339 e. The molecule has 0 bridgehead atoms. The predicted octanol–water partition coefficient (Wildman–Crippen LogP) is 1.96. The van der Waals surface area contributed by atoms with Crippen LogP contribution in [0.1, 0.15) is 31.7 Å². The molecular weight excluding hydrogens is 224 g/mol. The highest BCUT2D eigenvalue weighted by molar-refractivity contribution is 5.82. The number of rotatable bonds is 3. The van der Waals surface area contributed by atoms with Crippen LogP contribution in [0.15, 0.2) is 30.3 Å². The first-order valence-electron chi connectivity index (χ1n) is 6.78. The summed E-state index contributed by atoms with van der Waals surface area (Å²) in [6, 6.07) is 9.91. The Morgan fingerprint density at radius 3 is 2.78 bits per heavy atom. The number of likely N-dealkylation sites (tertiary alicyclic amines) is 1. The van der Waals surface area contributed by atoms with Crippen molar-refractivity contribution in [1.29, 1.82) is 0 Å². The Hall–Kier alpha value is -1.35. The molecular formula is C15H22N2O. The van der Waals surface area contributed by atoms with Crippen molar-refractivity contribution in [1.82, 2.24) is 4.90 Å². The van der Waals surface area contributed by atoms with E-state index in [-0.39, 0.29) is 5.91 Å². The fourth-order valence-electron chi connectivity index (χ4n) is 2.59. The standard InChI is InChI=1S/C15H22N2O/c1-12-7-5-6-10-17(12)15(18)14(16)11-13-8-3-2-4-9-13/h2-4,8-9,12,14H,5-7,10-11,16H2,1H3/t12?,14-/m1/s1. The Balaban J connectivity index is 1.96. The van der Waals surface area contributed by atoms with Crippen molar-refractivity contribution in [2.24, 2.45) is 5.73 Å². The van der Waals surface area contributed by atoms with E-state index in [1.807, 2.05) is 35.2 Å². The minimum atomic E-state index is -0.409. The Labute approximate surface area is 109 Å². The van der Waals surface area contributed by atoms with Gasteiger partial charge in [0.05, 0.1) is 6.04 Å². The maximum atomic E-state index is 12.3.